The normalized spacial score (nSPS) is 26.9. The summed E-state index contributed by atoms with van der Waals surface area (Å²) in [5.41, 5.74) is 0.401. The first-order valence-electron chi connectivity index (χ1n) is 8.09. The summed E-state index contributed by atoms with van der Waals surface area (Å²) < 4.78 is 16.6. The van der Waals surface area contributed by atoms with Gasteiger partial charge in [0.15, 0.2) is 0 Å². The van der Waals surface area contributed by atoms with Crippen LogP contribution in [0.1, 0.15) is 12.8 Å². The maximum absolute atomic E-state index is 12.3. The number of hydrogen-bond donors (Lipinski definition) is 1. The number of nitrogens with one attached hydrogen (secondary N) is 1. The second kappa shape index (κ2) is 7.27. The summed E-state index contributed by atoms with van der Waals surface area (Å²) in [6.45, 7) is 2.49. The minimum absolute atomic E-state index is 0.0169. The standard InChI is InChI=1S/C17H23ClN2O4/c1-22-14-5-4-12(8-13(14)18)19-16(21)10-20-9-15(23-2)17(11-20)6-3-7-24-17/h4-5,8,15H,3,6-7,9-11H2,1-2H3,(H,19,21)/t15-,17-/m1/s1. The first kappa shape index (κ1) is 17.5. The number of ether oxygens (including phenoxy) is 3. The van der Waals surface area contributed by atoms with E-state index in [4.69, 9.17) is 25.8 Å². The average molecular weight is 355 g/mol. The van der Waals surface area contributed by atoms with Crippen molar-refractivity contribution in [1.29, 1.82) is 0 Å². The van der Waals surface area contributed by atoms with Crippen LogP contribution >= 0.6 is 11.6 Å². The van der Waals surface area contributed by atoms with E-state index in [1.54, 1.807) is 32.4 Å². The molecule has 24 heavy (non-hydrogen) atoms. The number of carbonyl (C=O) groups excluding carboxylic acids is 1. The molecule has 0 radical (unpaired) electrons. The van der Waals surface area contributed by atoms with Gasteiger partial charge in [0, 0.05) is 32.5 Å². The number of anilines is 1. The van der Waals surface area contributed by atoms with Crippen LogP contribution in [0.2, 0.25) is 5.02 Å². The Labute approximate surface area is 147 Å². The molecule has 3 rings (SSSR count). The van der Waals surface area contributed by atoms with Crippen molar-refractivity contribution in [1.82, 2.24) is 4.90 Å². The van der Waals surface area contributed by atoms with Crippen LogP contribution in [-0.2, 0) is 14.3 Å². The van der Waals surface area contributed by atoms with Crippen LogP contribution in [0.4, 0.5) is 5.69 Å². The fraction of sp³-hybridized carbons (Fsp3) is 0.588. The van der Waals surface area contributed by atoms with E-state index in [1.807, 2.05) is 0 Å². The molecule has 1 amide bonds. The van der Waals surface area contributed by atoms with E-state index in [0.29, 0.717) is 29.5 Å². The zero-order valence-electron chi connectivity index (χ0n) is 14.0. The number of nitrogens with zero attached hydrogens (tertiary/aromatic N) is 1. The zero-order chi connectivity index (χ0) is 17.2. The lowest BCUT2D eigenvalue weighted by atomic mass is 9.97. The van der Waals surface area contributed by atoms with Crippen LogP contribution in [0.3, 0.4) is 0 Å². The van der Waals surface area contributed by atoms with Gasteiger partial charge in [0.2, 0.25) is 5.91 Å². The first-order chi connectivity index (χ1) is 11.6. The van der Waals surface area contributed by atoms with Crippen molar-refractivity contribution in [3.05, 3.63) is 23.2 Å². The summed E-state index contributed by atoms with van der Waals surface area (Å²) in [4.78, 5) is 14.4. The molecule has 0 aromatic heterocycles. The van der Waals surface area contributed by atoms with Crippen molar-refractivity contribution >= 4 is 23.2 Å². The molecule has 1 aromatic rings. The lowest BCUT2D eigenvalue weighted by Crippen LogP contribution is -2.42. The molecule has 0 saturated carbocycles. The Kier molecular flexibility index (Phi) is 5.30. The highest BCUT2D eigenvalue weighted by atomic mass is 35.5. The largest absolute Gasteiger partial charge is 0.495 e. The Morgan fingerprint density at radius 2 is 2.33 bits per heavy atom. The summed E-state index contributed by atoms with van der Waals surface area (Å²) in [6, 6.07) is 5.18. The summed E-state index contributed by atoms with van der Waals surface area (Å²) in [7, 11) is 3.26. The lowest BCUT2D eigenvalue weighted by molar-refractivity contribution is -0.117. The smallest absolute Gasteiger partial charge is 0.238 e. The van der Waals surface area contributed by atoms with E-state index in [9.17, 15) is 4.79 Å². The molecule has 2 saturated heterocycles. The topological polar surface area (TPSA) is 60.0 Å². The molecule has 2 aliphatic heterocycles. The number of amides is 1. The van der Waals surface area contributed by atoms with Crippen LogP contribution < -0.4 is 10.1 Å². The minimum atomic E-state index is -0.252. The van der Waals surface area contributed by atoms with Crippen LogP contribution in [0.5, 0.6) is 5.75 Å². The third-order valence-electron chi connectivity index (χ3n) is 4.72. The van der Waals surface area contributed by atoms with Crippen LogP contribution in [0, 0.1) is 0 Å². The summed E-state index contributed by atoms with van der Waals surface area (Å²) in [5, 5.41) is 3.34. The molecule has 2 aliphatic rings. The third kappa shape index (κ3) is 3.52. The SMILES string of the molecule is COc1ccc(NC(=O)CN2C[C@@H](OC)[C@@]3(CCCO3)C2)cc1Cl. The van der Waals surface area contributed by atoms with Crippen LogP contribution in [0.25, 0.3) is 0 Å². The van der Waals surface area contributed by atoms with E-state index in [2.05, 4.69) is 10.2 Å². The maximum Gasteiger partial charge on any atom is 0.238 e. The van der Waals surface area contributed by atoms with E-state index in [-0.39, 0.29) is 17.6 Å². The van der Waals surface area contributed by atoms with Crippen molar-refractivity contribution in [2.75, 3.05) is 45.8 Å². The van der Waals surface area contributed by atoms with Gasteiger partial charge in [-0.3, -0.25) is 9.69 Å². The van der Waals surface area contributed by atoms with Gasteiger partial charge in [-0.2, -0.15) is 0 Å². The van der Waals surface area contributed by atoms with E-state index < -0.39 is 0 Å². The highest BCUT2D eigenvalue weighted by molar-refractivity contribution is 6.32. The van der Waals surface area contributed by atoms with Crippen molar-refractivity contribution in [2.45, 2.75) is 24.5 Å². The molecule has 6 nitrogen and oxygen atoms in total. The second-order valence-electron chi connectivity index (χ2n) is 6.31. The molecule has 1 N–H and O–H groups in total. The monoisotopic (exact) mass is 354 g/mol. The molecule has 132 valence electrons. The van der Waals surface area contributed by atoms with Crippen molar-refractivity contribution in [3.8, 4) is 5.75 Å². The van der Waals surface area contributed by atoms with E-state index >= 15 is 0 Å². The van der Waals surface area contributed by atoms with Gasteiger partial charge in [-0.05, 0) is 31.0 Å². The zero-order valence-corrected chi connectivity index (χ0v) is 14.8. The first-order valence-corrected chi connectivity index (χ1v) is 8.46. The number of rotatable bonds is 5. The Balaban J connectivity index is 1.58. The Morgan fingerprint density at radius 3 is 2.96 bits per heavy atom. The highest BCUT2D eigenvalue weighted by Crippen LogP contribution is 2.36. The second-order valence-corrected chi connectivity index (χ2v) is 6.72. The fourth-order valence-electron chi connectivity index (χ4n) is 3.60. The van der Waals surface area contributed by atoms with Gasteiger partial charge in [-0.25, -0.2) is 0 Å². The van der Waals surface area contributed by atoms with Gasteiger partial charge in [0.1, 0.15) is 11.4 Å². The van der Waals surface area contributed by atoms with Crippen molar-refractivity contribution < 1.29 is 19.0 Å². The molecule has 7 heteroatoms. The maximum atomic E-state index is 12.3. The quantitative estimate of drug-likeness (QED) is 0.878. The van der Waals surface area contributed by atoms with Gasteiger partial charge >= 0.3 is 0 Å². The predicted octanol–water partition coefficient (Wildman–Crippen LogP) is 2.17. The highest BCUT2D eigenvalue weighted by Gasteiger charge is 2.50. The molecule has 2 fully saturated rings. The van der Waals surface area contributed by atoms with E-state index in [1.165, 1.54) is 0 Å². The predicted molar refractivity (Wildman–Crippen MR) is 91.8 cm³/mol. The molecule has 1 spiro atoms. The van der Waals surface area contributed by atoms with E-state index in [0.717, 1.165) is 26.0 Å². The van der Waals surface area contributed by atoms with Gasteiger partial charge in [0.25, 0.3) is 0 Å². The van der Waals surface area contributed by atoms with Gasteiger partial charge in [0.05, 0.1) is 24.8 Å². The average Bonchev–Trinajstić information content (AvgIpc) is 3.15. The number of carbonyl (C=O) groups is 1. The number of methoxy groups -OCH3 is 2. The number of likely N-dealkylation sites (tertiary alicyclic amines) is 1. The number of hydrogen-bond acceptors (Lipinski definition) is 5. The Hall–Kier alpha value is -1.34. The Bertz CT molecular complexity index is 604. The molecular weight excluding hydrogens is 332 g/mol. The van der Waals surface area contributed by atoms with Gasteiger partial charge in [-0.15, -0.1) is 0 Å². The number of halogens is 1. The summed E-state index contributed by atoms with van der Waals surface area (Å²) in [5.74, 6) is 0.499. The Morgan fingerprint density at radius 1 is 1.50 bits per heavy atom. The third-order valence-corrected chi connectivity index (χ3v) is 5.02. The summed E-state index contributed by atoms with van der Waals surface area (Å²) in [6.07, 6.45) is 2.05. The minimum Gasteiger partial charge on any atom is -0.495 e. The molecular formula is C17H23ClN2O4. The molecule has 0 aliphatic carbocycles. The van der Waals surface area contributed by atoms with Gasteiger partial charge < -0.3 is 19.5 Å². The van der Waals surface area contributed by atoms with Crippen LogP contribution in [-0.4, -0.2) is 63.0 Å². The molecule has 2 atom stereocenters. The molecule has 2 heterocycles. The molecule has 0 bridgehead atoms. The molecule has 1 aromatic carbocycles. The molecule has 0 unspecified atom stereocenters. The fourth-order valence-corrected chi connectivity index (χ4v) is 3.86. The lowest BCUT2D eigenvalue weighted by Gasteiger charge is -2.28. The van der Waals surface area contributed by atoms with Crippen molar-refractivity contribution in [2.24, 2.45) is 0 Å². The van der Waals surface area contributed by atoms with Gasteiger partial charge in [-0.1, -0.05) is 11.6 Å². The van der Waals surface area contributed by atoms with Crippen molar-refractivity contribution in [3.63, 3.8) is 0 Å². The van der Waals surface area contributed by atoms with Crippen LogP contribution in [0.15, 0.2) is 18.2 Å². The summed E-state index contributed by atoms with van der Waals surface area (Å²) >= 11 is 6.08. The number of benzene rings is 1.